The van der Waals surface area contributed by atoms with Gasteiger partial charge < -0.3 is 0 Å². The molecule has 1 heterocycles. The van der Waals surface area contributed by atoms with Crippen LogP contribution < -0.4 is 29.1 Å². The Labute approximate surface area is 139 Å². The normalized spacial score (nSPS) is 10.5. The number of aromatic nitrogens is 2. The van der Waals surface area contributed by atoms with E-state index in [1.807, 2.05) is 30.3 Å². The molecule has 0 saturated carbocycles. The summed E-state index contributed by atoms with van der Waals surface area (Å²) in [6.07, 6.45) is 1.52. The van der Waals surface area contributed by atoms with E-state index < -0.39 is 5.69 Å². The molecular weight excluding hydrogens is 410 g/mol. The van der Waals surface area contributed by atoms with Crippen molar-refractivity contribution in [1.82, 2.24) is 9.97 Å². The molecule has 0 aliphatic carbocycles. The van der Waals surface area contributed by atoms with Gasteiger partial charge in [-0.3, -0.25) is 0 Å². The molecule has 0 saturated heterocycles. The molecule has 0 amide bonds. The van der Waals surface area contributed by atoms with Crippen LogP contribution in [0.25, 0.3) is 0 Å². The molecule has 0 fully saturated rings. The number of H-pyrrole nitrogens is 2. The predicted molar refractivity (Wildman–Crippen MR) is 90.6 cm³/mol. The second-order valence-corrected chi connectivity index (χ2v) is 9.01. The van der Waals surface area contributed by atoms with Crippen molar-refractivity contribution in [2.24, 2.45) is 0 Å². The van der Waals surface area contributed by atoms with Gasteiger partial charge in [0.15, 0.2) is 0 Å². The molecule has 0 spiro atoms. The van der Waals surface area contributed by atoms with Crippen LogP contribution in [0.2, 0.25) is 0 Å². The number of hydrogen-bond donors (Lipinski definition) is 2. The van der Waals surface area contributed by atoms with E-state index in [0.717, 1.165) is 0 Å². The van der Waals surface area contributed by atoms with Crippen molar-refractivity contribution in [2.45, 2.75) is 0 Å². The maximum atomic E-state index is 11.9. The molecule has 6 heteroatoms. The average Bonchev–Trinajstić information content (AvgIpc) is 2.53. The first-order valence-corrected chi connectivity index (χ1v) is 9.97. The Morgan fingerprint density at radius 3 is 2.05 bits per heavy atom. The second-order valence-electron chi connectivity index (χ2n) is 4.40. The van der Waals surface area contributed by atoms with Crippen LogP contribution in [0.1, 0.15) is 0 Å². The van der Waals surface area contributed by atoms with Crippen LogP contribution in [0.3, 0.4) is 0 Å². The first-order valence-electron chi connectivity index (χ1n) is 6.54. The van der Waals surface area contributed by atoms with Gasteiger partial charge in [-0.25, -0.2) is 0 Å². The molecule has 0 aliphatic rings. The van der Waals surface area contributed by atoms with Crippen molar-refractivity contribution < 1.29 is 0 Å². The topological polar surface area (TPSA) is 65.7 Å². The van der Waals surface area contributed by atoms with E-state index in [9.17, 15) is 9.59 Å². The molecule has 4 nitrogen and oxygen atoms in total. The van der Waals surface area contributed by atoms with Gasteiger partial charge in [-0.05, 0) is 0 Å². The first kappa shape index (κ1) is 15.1. The fourth-order valence-electron chi connectivity index (χ4n) is 1.83. The molecule has 0 atom stereocenters. The Kier molecular flexibility index (Phi) is 4.76. The van der Waals surface area contributed by atoms with Gasteiger partial charge in [0.25, 0.3) is 0 Å². The van der Waals surface area contributed by atoms with E-state index in [1.165, 1.54) is 19.6 Å². The van der Waals surface area contributed by atoms with Crippen molar-refractivity contribution in [2.75, 3.05) is 0 Å². The summed E-state index contributed by atoms with van der Waals surface area (Å²) < 4.78 is 4.38. The number of benzene rings is 2. The Morgan fingerprint density at radius 1 is 0.727 bits per heavy atom. The van der Waals surface area contributed by atoms with E-state index in [4.69, 9.17) is 0 Å². The first-order chi connectivity index (χ1) is 10.7. The summed E-state index contributed by atoms with van der Waals surface area (Å²) in [5.41, 5.74) is -0.767. The van der Waals surface area contributed by atoms with E-state index in [0.29, 0.717) is 4.46 Å². The molecule has 3 aromatic rings. The van der Waals surface area contributed by atoms with E-state index in [2.05, 4.69) is 34.2 Å². The van der Waals surface area contributed by atoms with Crippen molar-refractivity contribution in [3.05, 3.63) is 81.6 Å². The SMILES string of the molecule is O=c1[nH]cc([Se]c2ccccc2[Se]c2ccccc2)c(=O)[nH]1. The van der Waals surface area contributed by atoms with Crippen molar-refractivity contribution in [1.29, 1.82) is 0 Å². The fraction of sp³-hybridized carbons (Fsp3) is 0. The minimum atomic E-state index is -0.466. The van der Waals surface area contributed by atoms with Gasteiger partial charge in [-0.2, -0.15) is 0 Å². The quantitative estimate of drug-likeness (QED) is 0.497. The number of rotatable bonds is 4. The summed E-state index contributed by atoms with van der Waals surface area (Å²) in [6.45, 7) is 0. The van der Waals surface area contributed by atoms with Crippen LogP contribution in [-0.4, -0.2) is 39.9 Å². The van der Waals surface area contributed by atoms with Crippen LogP contribution in [0.4, 0.5) is 0 Å². The molecule has 0 aliphatic heterocycles. The number of hydrogen-bond acceptors (Lipinski definition) is 2. The van der Waals surface area contributed by atoms with E-state index in [-0.39, 0.29) is 35.5 Å². The van der Waals surface area contributed by atoms with E-state index >= 15 is 0 Å². The maximum absolute atomic E-state index is 11.9. The molecule has 110 valence electrons. The summed E-state index contributed by atoms with van der Waals surface area (Å²) in [5, 5.41) is 0. The van der Waals surface area contributed by atoms with E-state index in [1.54, 1.807) is 0 Å². The molecule has 0 radical (unpaired) electrons. The predicted octanol–water partition coefficient (Wildman–Crippen LogP) is -1.63. The van der Waals surface area contributed by atoms with Crippen LogP contribution in [0.5, 0.6) is 0 Å². The fourth-order valence-corrected chi connectivity index (χ4v) is 6.25. The van der Waals surface area contributed by atoms with Crippen molar-refractivity contribution >= 4 is 47.8 Å². The third-order valence-electron chi connectivity index (χ3n) is 2.83. The zero-order valence-corrected chi connectivity index (χ0v) is 14.8. The van der Waals surface area contributed by atoms with Gasteiger partial charge in [-0.15, -0.1) is 0 Å². The monoisotopic (exact) mass is 424 g/mol. The van der Waals surface area contributed by atoms with Crippen LogP contribution >= 0.6 is 0 Å². The molecule has 2 aromatic carbocycles. The van der Waals surface area contributed by atoms with Gasteiger partial charge in [0.1, 0.15) is 0 Å². The third-order valence-corrected chi connectivity index (χ3v) is 8.06. The summed E-state index contributed by atoms with van der Waals surface area (Å²) in [5.74, 6) is 0. The molecule has 2 N–H and O–H groups in total. The standard InChI is InChI=1S/C16H12N2O2Se2/c19-15-14(10-17-16(20)18-15)22-13-9-5-4-8-12(13)21-11-6-2-1-3-7-11/h1-10H,(H2,17,18,19,20). The average molecular weight is 422 g/mol. The molecular formula is C16H12N2O2Se2. The molecule has 3 rings (SSSR count). The molecule has 22 heavy (non-hydrogen) atoms. The van der Waals surface area contributed by atoms with Gasteiger partial charge in [0.05, 0.1) is 0 Å². The third kappa shape index (κ3) is 3.67. The number of nitrogens with one attached hydrogen (secondary N) is 2. The van der Waals surface area contributed by atoms with Gasteiger partial charge in [0.2, 0.25) is 0 Å². The molecule has 0 bridgehead atoms. The van der Waals surface area contributed by atoms with Crippen LogP contribution in [-0.2, 0) is 0 Å². The Hall–Kier alpha value is -1.84. The van der Waals surface area contributed by atoms with Crippen LogP contribution in [0.15, 0.2) is 70.4 Å². The van der Waals surface area contributed by atoms with Gasteiger partial charge >= 0.3 is 139 Å². The zero-order valence-electron chi connectivity index (χ0n) is 11.4. The zero-order chi connectivity index (χ0) is 15.4. The van der Waals surface area contributed by atoms with Crippen molar-refractivity contribution in [3.8, 4) is 0 Å². The molecule has 1 aromatic heterocycles. The summed E-state index contributed by atoms with van der Waals surface area (Å²) in [6, 6.07) is 18.5. The summed E-state index contributed by atoms with van der Waals surface area (Å²) in [4.78, 5) is 27.8. The summed E-state index contributed by atoms with van der Waals surface area (Å²) in [7, 11) is 0. The molecule has 0 unspecified atom stereocenters. The Morgan fingerprint density at radius 2 is 1.36 bits per heavy atom. The minimum absolute atomic E-state index is 0.134. The van der Waals surface area contributed by atoms with Gasteiger partial charge in [0, 0.05) is 0 Å². The summed E-state index contributed by atoms with van der Waals surface area (Å²) >= 11 is 0.0689. The second kappa shape index (κ2) is 6.95. The Balaban J connectivity index is 1.91. The van der Waals surface area contributed by atoms with Gasteiger partial charge in [-0.1, -0.05) is 0 Å². The Bertz CT molecular complexity index is 888. The number of aromatic amines is 2. The van der Waals surface area contributed by atoms with Crippen molar-refractivity contribution in [3.63, 3.8) is 0 Å². The van der Waals surface area contributed by atoms with Crippen LogP contribution in [0, 0.1) is 0 Å².